The van der Waals surface area contributed by atoms with E-state index in [4.69, 9.17) is 5.73 Å². The van der Waals surface area contributed by atoms with Crippen LogP contribution in [0.15, 0.2) is 54.6 Å². The zero-order valence-corrected chi connectivity index (χ0v) is 18.2. The molecule has 0 radical (unpaired) electrons. The predicted octanol–water partition coefficient (Wildman–Crippen LogP) is 3.69. The quantitative estimate of drug-likeness (QED) is 0.643. The molecule has 4 rings (SSSR count). The Labute approximate surface area is 183 Å². The first-order valence-electron chi connectivity index (χ1n) is 10.8. The van der Waals surface area contributed by atoms with Gasteiger partial charge < -0.3 is 10.6 Å². The molecule has 0 bridgehead atoms. The number of carbonyl (C=O) groups excluding carboxylic acids is 1. The summed E-state index contributed by atoms with van der Waals surface area (Å²) in [6.45, 7) is 7.95. The molecule has 0 aliphatic carbocycles. The summed E-state index contributed by atoms with van der Waals surface area (Å²) in [6.07, 6.45) is 3.57. The van der Waals surface area contributed by atoms with Crippen LogP contribution in [0.3, 0.4) is 0 Å². The largest absolute Gasteiger partial charge is 0.383 e. The Balaban J connectivity index is 1.31. The van der Waals surface area contributed by atoms with Crippen molar-refractivity contribution in [2.24, 2.45) is 0 Å². The van der Waals surface area contributed by atoms with Crippen LogP contribution in [0.1, 0.15) is 36.7 Å². The molecule has 2 N–H and O–H groups in total. The smallest absolute Gasteiger partial charge is 0.246 e. The van der Waals surface area contributed by atoms with E-state index in [-0.39, 0.29) is 5.91 Å². The van der Waals surface area contributed by atoms with E-state index < -0.39 is 0 Å². The molecule has 0 saturated carbocycles. The lowest BCUT2D eigenvalue weighted by molar-refractivity contribution is -0.127. The number of amides is 1. The fourth-order valence-electron chi connectivity index (χ4n) is 3.81. The second-order valence-corrected chi connectivity index (χ2v) is 8.30. The van der Waals surface area contributed by atoms with Gasteiger partial charge in [-0.2, -0.15) is 0 Å². The summed E-state index contributed by atoms with van der Waals surface area (Å²) in [5.74, 6) is 1.80. The van der Waals surface area contributed by atoms with Gasteiger partial charge >= 0.3 is 0 Å². The Hall–Kier alpha value is -3.25. The molecular weight excluding hydrogens is 386 g/mol. The second kappa shape index (κ2) is 9.27. The summed E-state index contributed by atoms with van der Waals surface area (Å²) < 4.78 is 0. The van der Waals surface area contributed by atoms with Crippen molar-refractivity contribution in [1.82, 2.24) is 19.8 Å². The highest BCUT2D eigenvalue weighted by atomic mass is 16.2. The second-order valence-electron chi connectivity index (χ2n) is 8.30. The van der Waals surface area contributed by atoms with Gasteiger partial charge in [0, 0.05) is 37.6 Å². The summed E-state index contributed by atoms with van der Waals surface area (Å²) in [7, 11) is 0. The van der Waals surface area contributed by atoms with Gasteiger partial charge in [-0.1, -0.05) is 50.2 Å². The molecule has 160 valence electrons. The summed E-state index contributed by atoms with van der Waals surface area (Å²) >= 11 is 0. The first kappa shape index (κ1) is 21.0. The van der Waals surface area contributed by atoms with Crippen LogP contribution in [-0.4, -0.2) is 51.9 Å². The Morgan fingerprint density at radius 2 is 1.74 bits per heavy atom. The van der Waals surface area contributed by atoms with Gasteiger partial charge in [-0.15, -0.1) is 0 Å². The number of fused-ring (bicyclic) bond motifs is 1. The third-order valence-electron chi connectivity index (χ3n) is 5.75. The third-order valence-corrected chi connectivity index (χ3v) is 5.75. The fraction of sp³-hybridized carbons (Fsp3) is 0.320. The van der Waals surface area contributed by atoms with E-state index in [0.717, 1.165) is 35.4 Å². The van der Waals surface area contributed by atoms with E-state index in [9.17, 15) is 4.79 Å². The van der Waals surface area contributed by atoms with E-state index in [1.807, 2.05) is 35.2 Å². The normalized spacial score (nSPS) is 15.3. The Morgan fingerprint density at radius 1 is 1.03 bits per heavy atom. The number of piperazine rings is 1. The number of para-hydroxylation sites is 1. The third kappa shape index (κ3) is 5.09. The van der Waals surface area contributed by atoms with Crippen molar-refractivity contribution in [2.75, 3.05) is 31.9 Å². The zero-order valence-electron chi connectivity index (χ0n) is 18.2. The highest BCUT2D eigenvalue weighted by molar-refractivity contribution is 5.92. The van der Waals surface area contributed by atoms with Crippen LogP contribution < -0.4 is 5.73 Å². The molecule has 31 heavy (non-hydrogen) atoms. The van der Waals surface area contributed by atoms with Gasteiger partial charge in [0.15, 0.2) is 0 Å². The summed E-state index contributed by atoms with van der Waals surface area (Å²) in [4.78, 5) is 25.8. The van der Waals surface area contributed by atoms with Gasteiger partial charge in [0.1, 0.15) is 11.6 Å². The van der Waals surface area contributed by atoms with Crippen molar-refractivity contribution in [2.45, 2.75) is 26.3 Å². The standard InChI is InChI=1S/C25H29N5O/c1-18(2)20-10-7-19(8-11-20)9-12-24(31)30-15-13-29(14-16-30)17-23-27-22-6-4-3-5-21(22)25(26)28-23/h3-12,18H,13-17H2,1-2H3,(H2,26,27,28)/b12-9+. The van der Waals surface area contributed by atoms with Crippen molar-refractivity contribution in [3.63, 3.8) is 0 Å². The molecule has 1 aliphatic heterocycles. The number of hydrogen-bond acceptors (Lipinski definition) is 5. The van der Waals surface area contributed by atoms with Gasteiger partial charge in [-0.05, 0) is 35.3 Å². The number of rotatable bonds is 5. The zero-order chi connectivity index (χ0) is 21.8. The molecule has 6 heteroatoms. The Kier molecular flexibility index (Phi) is 6.28. The highest BCUT2D eigenvalue weighted by Gasteiger charge is 2.20. The molecule has 1 saturated heterocycles. The number of aromatic nitrogens is 2. The van der Waals surface area contributed by atoms with Gasteiger partial charge in [0.25, 0.3) is 0 Å². The topological polar surface area (TPSA) is 75.4 Å². The minimum Gasteiger partial charge on any atom is -0.383 e. The van der Waals surface area contributed by atoms with E-state index in [0.29, 0.717) is 31.4 Å². The van der Waals surface area contributed by atoms with E-state index in [2.05, 4.69) is 53.0 Å². The number of nitrogens with two attached hydrogens (primary N) is 1. The number of nitrogens with zero attached hydrogens (tertiary/aromatic N) is 4. The summed E-state index contributed by atoms with van der Waals surface area (Å²) in [6, 6.07) is 16.1. The molecule has 1 amide bonds. The van der Waals surface area contributed by atoms with E-state index >= 15 is 0 Å². The number of nitrogen functional groups attached to an aromatic ring is 1. The average Bonchev–Trinajstić information content (AvgIpc) is 2.78. The number of carbonyl (C=O) groups is 1. The maximum Gasteiger partial charge on any atom is 0.246 e. The number of anilines is 1. The van der Waals surface area contributed by atoms with Crippen molar-refractivity contribution in [1.29, 1.82) is 0 Å². The molecule has 3 aromatic rings. The van der Waals surface area contributed by atoms with Crippen LogP contribution in [0.5, 0.6) is 0 Å². The maximum absolute atomic E-state index is 12.6. The van der Waals surface area contributed by atoms with E-state index in [1.165, 1.54) is 5.56 Å². The van der Waals surface area contributed by atoms with Gasteiger partial charge in [0.05, 0.1) is 12.1 Å². The predicted molar refractivity (Wildman–Crippen MR) is 125 cm³/mol. The minimum atomic E-state index is 0.0544. The molecule has 2 heterocycles. The van der Waals surface area contributed by atoms with Crippen molar-refractivity contribution >= 4 is 28.7 Å². The molecule has 2 aromatic carbocycles. The van der Waals surface area contributed by atoms with Crippen molar-refractivity contribution in [3.05, 3.63) is 71.6 Å². The lowest BCUT2D eigenvalue weighted by Crippen LogP contribution is -2.48. The molecular formula is C25H29N5O. The van der Waals surface area contributed by atoms with Crippen LogP contribution >= 0.6 is 0 Å². The maximum atomic E-state index is 12.6. The average molecular weight is 416 g/mol. The minimum absolute atomic E-state index is 0.0544. The lowest BCUT2D eigenvalue weighted by Gasteiger charge is -2.33. The number of hydrogen-bond donors (Lipinski definition) is 1. The fourth-order valence-corrected chi connectivity index (χ4v) is 3.81. The van der Waals surface area contributed by atoms with Crippen LogP contribution in [0, 0.1) is 0 Å². The van der Waals surface area contributed by atoms with E-state index in [1.54, 1.807) is 6.08 Å². The molecule has 0 unspecified atom stereocenters. The molecule has 1 aromatic heterocycles. The van der Waals surface area contributed by atoms with Crippen LogP contribution in [0.4, 0.5) is 5.82 Å². The van der Waals surface area contributed by atoms with Gasteiger partial charge in [-0.3, -0.25) is 9.69 Å². The first-order valence-corrected chi connectivity index (χ1v) is 10.8. The molecule has 0 spiro atoms. The van der Waals surface area contributed by atoms with Crippen LogP contribution in [0.2, 0.25) is 0 Å². The monoisotopic (exact) mass is 415 g/mol. The SMILES string of the molecule is CC(C)c1ccc(/C=C/C(=O)N2CCN(Cc3nc(N)c4ccccc4n3)CC2)cc1. The summed E-state index contributed by atoms with van der Waals surface area (Å²) in [5.41, 5.74) is 9.31. The van der Waals surface area contributed by atoms with Gasteiger partial charge in [-0.25, -0.2) is 9.97 Å². The van der Waals surface area contributed by atoms with Crippen LogP contribution in [0.25, 0.3) is 17.0 Å². The first-order chi connectivity index (χ1) is 15.0. The molecule has 1 fully saturated rings. The lowest BCUT2D eigenvalue weighted by atomic mass is 10.0. The number of benzene rings is 2. The van der Waals surface area contributed by atoms with Crippen LogP contribution in [-0.2, 0) is 11.3 Å². The molecule has 6 nitrogen and oxygen atoms in total. The van der Waals surface area contributed by atoms with Gasteiger partial charge in [0.2, 0.25) is 5.91 Å². The van der Waals surface area contributed by atoms with Crippen molar-refractivity contribution < 1.29 is 4.79 Å². The Morgan fingerprint density at radius 3 is 2.45 bits per heavy atom. The Bertz CT molecular complexity index is 1080. The summed E-state index contributed by atoms with van der Waals surface area (Å²) in [5, 5.41) is 0.882. The van der Waals surface area contributed by atoms with Crippen molar-refractivity contribution in [3.8, 4) is 0 Å². The highest BCUT2D eigenvalue weighted by Crippen LogP contribution is 2.18. The molecule has 0 atom stereocenters. The molecule has 1 aliphatic rings.